The third-order valence-corrected chi connectivity index (χ3v) is 1.13. The zero-order chi connectivity index (χ0) is 6.69. The van der Waals surface area contributed by atoms with Crippen LogP contribution in [0, 0.1) is 0 Å². The number of ether oxygens (including phenoxy) is 1. The van der Waals surface area contributed by atoms with Gasteiger partial charge >= 0.3 is 51.4 Å². The van der Waals surface area contributed by atoms with Crippen LogP contribution in [0.4, 0.5) is 0 Å². The number of hydrogen-bond donors (Lipinski definition) is 0. The summed E-state index contributed by atoms with van der Waals surface area (Å²) in [6.07, 6.45) is 1.54. The molecule has 1 aromatic heterocycles. The van der Waals surface area contributed by atoms with E-state index < -0.39 is 0 Å². The third kappa shape index (κ3) is 3.32. The van der Waals surface area contributed by atoms with E-state index in [1.54, 1.807) is 25.4 Å². The van der Waals surface area contributed by atoms with Crippen LogP contribution in [0.25, 0.3) is 0 Å². The van der Waals surface area contributed by atoms with E-state index in [9.17, 15) is 0 Å². The van der Waals surface area contributed by atoms with Gasteiger partial charge in [-0.15, -0.1) is 0 Å². The van der Waals surface area contributed by atoms with Crippen LogP contribution in [0.5, 0.6) is 5.88 Å². The van der Waals surface area contributed by atoms with Crippen molar-refractivity contribution >= 4 is 11.6 Å². The van der Waals surface area contributed by atoms with Gasteiger partial charge in [0.2, 0.25) is 5.88 Å². The molecule has 0 fully saturated rings. The first-order valence-corrected chi connectivity index (χ1v) is 2.86. The Hall–Kier alpha value is 0.876. The van der Waals surface area contributed by atoms with Gasteiger partial charge in [0.25, 0.3) is 0 Å². The maximum absolute atomic E-state index is 5.55. The average molecular weight is 184 g/mol. The Labute approximate surface area is 109 Å². The fourth-order valence-corrected chi connectivity index (χ4v) is 0.595. The molecule has 10 heavy (non-hydrogen) atoms. The number of aromatic nitrogens is 1. The van der Waals surface area contributed by atoms with Crippen LogP contribution < -0.4 is 56.1 Å². The van der Waals surface area contributed by atoms with Gasteiger partial charge in [0.1, 0.15) is 0 Å². The molecule has 0 aliphatic heterocycles. The molecule has 1 heterocycles. The minimum atomic E-state index is 0. The van der Waals surface area contributed by atoms with E-state index in [1.807, 2.05) is 0 Å². The normalized spacial score (nSPS) is 8.20. The minimum absolute atomic E-state index is 0. The van der Waals surface area contributed by atoms with Crippen molar-refractivity contribution in [2.75, 3.05) is 7.11 Å². The van der Waals surface area contributed by atoms with Crippen LogP contribution >= 0.6 is 11.6 Å². The smallest absolute Gasteiger partial charge is 1.00 e. The molecule has 50 valence electrons. The van der Waals surface area contributed by atoms with Crippen LogP contribution in [0.3, 0.4) is 0 Å². The molecular formula is C6H7ClKNO. The van der Waals surface area contributed by atoms with E-state index in [-0.39, 0.29) is 52.8 Å². The van der Waals surface area contributed by atoms with Crippen LogP contribution in [0.15, 0.2) is 18.3 Å². The molecule has 0 bridgehead atoms. The number of halogens is 1. The molecule has 2 nitrogen and oxygen atoms in total. The molecule has 0 spiro atoms. The van der Waals surface area contributed by atoms with Crippen molar-refractivity contribution in [3.8, 4) is 5.88 Å². The van der Waals surface area contributed by atoms with Crippen molar-refractivity contribution in [1.82, 2.24) is 4.98 Å². The average Bonchev–Trinajstić information content (AvgIpc) is 1.90. The maximum atomic E-state index is 5.55. The van der Waals surface area contributed by atoms with E-state index in [0.29, 0.717) is 10.9 Å². The van der Waals surface area contributed by atoms with E-state index >= 15 is 0 Å². The molecule has 0 radical (unpaired) electrons. The number of hydrogen-bond acceptors (Lipinski definition) is 2. The Bertz CT molecular complexity index is 194. The predicted octanol–water partition coefficient (Wildman–Crippen LogP) is -1.14. The summed E-state index contributed by atoms with van der Waals surface area (Å²) in [6, 6.07) is 3.44. The van der Waals surface area contributed by atoms with E-state index in [1.165, 1.54) is 0 Å². The summed E-state index contributed by atoms with van der Waals surface area (Å²) in [7, 11) is 1.57. The van der Waals surface area contributed by atoms with Gasteiger partial charge in [-0.25, -0.2) is 4.98 Å². The third-order valence-electron chi connectivity index (χ3n) is 0.909. The van der Waals surface area contributed by atoms with Crippen LogP contribution in [-0.4, -0.2) is 12.1 Å². The first kappa shape index (κ1) is 10.9. The summed E-state index contributed by atoms with van der Waals surface area (Å²) in [5.41, 5.74) is 0. The largest absolute Gasteiger partial charge is 1.00 e. The van der Waals surface area contributed by atoms with Gasteiger partial charge in [-0.1, -0.05) is 11.6 Å². The Morgan fingerprint density at radius 3 is 2.70 bits per heavy atom. The van der Waals surface area contributed by atoms with Crippen molar-refractivity contribution in [3.63, 3.8) is 0 Å². The molecular weight excluding hydrogens is 177 g/mol. The van der Waals surface area contributed by atoms with Gasteiger partial charge in [-0.3, -0.25) is 0 Å². The fourth-order valence-electron chi connectivity index (χ4n) is 0.483. The van der Waals surface area contributed by atoms with Gasteiger partial charge in [0, 0.05) is 12.3 Å². The Morgan fingerprint density at radius 2 is 2.30 bits per heavy atom. The number of rotatable bonds is 1. The van der Waals surface area contributed by atoms with Gasteiger partial charge in [-0.2, -0.15) is 0 Å². The van der Waals surface area contributed by atoms with Crippen molar-refractivity contribution in [3.05, 3.63) is 23.4 Å². The standard InChI is InChI=1S/C6H6ClNO.K.H/c1-9-6-3-2-5(7)4-8-6;;/h2-4H,1H3;;/q;+1;-1. The molecule has 0 aliphatic rings. The van der Waals surface area contributed by atoms with Crippen LogP contribution in [0.2, 0.25) is 5.02 Å². The van der Waals surface area contributed by atoms with Crippen molar-refractivity contribution in [2.45, 2.75) is 0 Å². The Balaban J connectivity index is 0. The molecule has 0 aliphatic carbocycles. The van der Waals surface area contributed by atoms with Crippen molar-refractivity contribution in [2.24, 2.45) is 0 Å². The number of nitrogens with zero attached hydrogens (tertiary/aromatic N) is 1. The predicted molar refractivity (Wildman–Crippen MR) is 36.9 cm³/mol. The van der Waals surface area contributed by atoms with Crippen LogP contribution in [-0.2, 0) is 0 Å². The molecule has 0 amide bonds. The fraction of sp³-hybridized carbons (Fsp3) is 0.167. The van der Waals surface area contributed by atoms with Crippen molar-refractivity contribution in [1.29, 1.82) is 0 Å². The molecule has 0 unspecified atom stereocenters. The second-order valence-corrected chi connectivity index (χ2v) is 1.96. The Morgan fingerprint density at radius 1 is 1.60 bits per heavy atom. The second kappa shape index (κ2) is 5.52. The zero-order valence-corrected chi connectivity index (χ0v) is 9.84. The monoisotopic (exact) mass is 183 g/mol. The second-order valence-electron chi connectivity index (χ2n) is 1.52. The van der Waals surface area contributed by atoms with Gasteiger partial charge < -0.3 is 6.16 Å². The van der Waals surface area contributed by atoms with E-state index in [0.717, 1.165) is 0 Å². The first-order valence-electron chi connectivity index (χ1n) is 2.48. The molecule has 0 N–H and O–H groups in total. The Kier molecular flexibility index (Phi) is 6.00. The van der Waals surface area contributed by atoms with Gasteiger partial charge in [-0.05, 0) is 6.07 Å². The summed E-state index contributed by atoms with van der Waals surface area (Å²) in [5, 5.41) is 0.621. The molecule has 1 aromatic rings. The number of pyridine rings is 1. The zero-order valence-electron chi connectivity index (χ0n) is 6.97. The summed E-state index contributed by atoms with van der Waals surface area (Å²) >= 11 is 5.55. The molecule has 0 saturated heterocycles. The first-order chi connectivity index (χ1) is 4.33. The van der Waals surface area contributed by atoms with Crippen molar-refractivity contribution < 1.29 is 57.5 Å². The minimum Gasteiger partial charge on any atom is -1.00 e. The number of methoxy groups -OCH3 is 1. The van der Waals surface area contributed by atoms with E-state index in [4.69, 9.17) is 16.3 Å². The SMILES string of the molecule is COc1ccc(Cl)cn1.[H-].[K+]. The summed E-state index contributed by atoms with van der Waals surface area (Å²) in [6.45, 7) is 0. The summed E-state index contributed by atoms with van der Waals surface area (Å²) in [5.74, 6) is 0.583. The topological polar surface area (TPSA) is 22.1 Å². The summed E-state index contributed by atoms with van der Waals surface area (Å²) < 4.78 is 4.80. The van der Waals surface area contributed by atoms with Gasteiger partial charge in [0.15, 0.2) is 0 Å². The molecule has 0 atom stereocenters. The molecule has 4 heteroatoms. The summed E-state index contributed by atoms with van der Waals surface area (Å²) in [4.78, 5) is 3.84. The molecule has 1 rings (SSSR count). The molecule has 0 saturated carbocycles. The molecule has 0 aromatic carbocycles. The van der Waals surface area contributed by atoms with E-state index in [2.05, 4.69) is 4.98 Å². The quantitative estimate of drug-likeness (QED) is 0.514. The maximum Gasteiger partial charge on any atom is 1.00 e. The van der Waals surface area contributed by atoms with Crippen LogP contribution in [0.1, 0.15) is 1.43 Å². The van der Waals surface area contributed by atoms with Gasteiger partial charge in [0.05, 0.1) is 12.1 Å².